The molecule has 0 bridgehead atoms. The minimum atomic E-state index is -0.491. The first-order valence-corrected chi connectivity index (χ1v) is 7.45. The molecule has 1 aliphatic heterocycles. The Bertz CT molecular complexity index is 827. The summed E-state index contributed by atoms with van der Waals surface area (Å²) >= 11 is 6.07. The molecular weight excluding hydrogens is 306 g/mol. The first kappa shape index (κ1) is 14.8. The number of aromatic nitrogens is 4. The van der Waals surface area contributed by atoms with Gasteiger partial charge in [0.25, 0.3) is 5.56 Å². The summed E-state index contributed by atoms with van der Waals surface area (Å²) in [6.07, 6.45) is 0.542. The Morgan fingerprint density at radius 2 is 2.05 bits per heavy atom. The van der Waals surface area contributed by atoms with Crippen LogP contribution >= 0.6 is 11.6 Å². The highest BCUT2D eigenvalue weighted by molar-refractivity contribution is 6.29. The lowest BCUT2D eigenvalue weighted by molar-refractivity contribution is 0.672. The Morgan fingerprint density at radius 3 is 2.77 bits per heavy atom. The van der Waals surface area contributed by atoms with Crippen LogP contribution in [0.5, 0.6) is 0 Å². The van der Waals surface area contributed by atoms with Crippen LogP contribution in [0.15, 0.2) is 15.7 Å². The molecule has 116 valence electrons. The summed E-state index contributed by atoms with van der Waals surface area (Å²) in [5.74, 6) is 1.54. The molecule has 22 heavy (non-hydrogen) atoms. The molecule has 2 aromatic rings. The van der Waals surface area contributed by atoms with Gasteiger partial charge < -0.3 is 9.88 Å². The molecule has 0 aliphatic carbocycles. The summed E-state index contributed by atoms with van der Waals surface area (Å²) in [6.45, 7) is 5.04. The van der Waals surface area contributed by atoms with Crippen molar-refractivity contribution in [1.82, 2.24) is 19.9 Å². The van der Waals surface area contributed by atoms with Gasteiger partial charge in [-0.2, -0.15) is 0 Å². The fourth-order valence-corrected chi connectivity index (χ4v) is 2.70. The third kappa shape index (κ3) is 2.76. The summed E-state index contributed by atoms with van der Waals surface area (Å²) in [6, 6.07) is 1.70. The van der Waals surface area contributed by atoms with E-state index in [-0.39, 0.29) is 11.5 Å². The molecule has 0 unspecified atom stereocenters. The summed E-state index contributed by atoms with van der Waals surface area (Å²) in [5.41, 5.74) is 0.442. The van der Waals surface area contributed by atoms with Crippen molar-refractivity contribution in [3.63, 3.8) is 0 Å². The van der Waals surface area contributed by atoms with E-state index in [0.717, 1.165) is 0 Å². The van der Waals surface area contributed by atoms with Crippen LogP contribution in [0.4, 0.5) is 5.82 Å². The van der Waals surface area contributed by atoms with Crippen LogP contribution in [-0.4, -0.2) is 26.5 Å². The van der Waals surface area contributed by atoms with Crippen LogP contribution in [0.1, 0.15) is 36.8 Å². The largest absolute Gasteiger partial charge is 0.350 e. The lowest BCUT2D eigenvalue weighted by atomic mass is 10.1. The van der Waals surface area contributed by atoms with Crippen molar-refractivity contribution in [2.45, 2.75) is 32.7 Å². The third-order valence-electron chi connectivity index (χ3n) is 3.65. The van der Waals surface area contributed by atoms with E-state index in [1.54, 1.807) is 6.07 Å². The Kier molecular flexibility index (Phi) is 3.74. The van der Waals surface area contributed by atoms with Crippen molar-refractivity contribution in [2.75, 3.05) is 11.4 Å². The van der Waals surface area contributed by atoms with Crippen molar-refractivity contribution >= 4 is 17.4 Å². The molecule has 7 nitrogen and oxygen atoms in total. The molecule has 1 aliphatic rings. The van der Waals surface area contributed by atoms with Gasteiger partial charge in [-0.05, 0) is 6.42 Å². The number of nitrogens with zero attached hydrogens (tertiary/aromatic N) is 3. The van der Waals surface area contributed by atoms with Crippen molar-refractivity contribution < 1.29 is 0 Å². The number of rotatable bonds is 2. The normalized spacial score (nSPS) is 14.3. The zero-order valence-electron chi connectivity index (χ0n) is 12.3. The van der Waals surface area contributed by atoms with Crippen LogP contribution in [-0.2, 0) is 13.0 Å². The quantitative estimate of drug-likeness (QED) is 0.810. The predicted octanol–water partition coefficient (Wildman–Crippen LogP) is 1.19. The molecule has 0 saturated carbocycles. The molecule has 0 spiro atoms. The number of hydrogen-bond donors (Lipinski definition) is 2. The van der Waals surface area contributed by atoms with E-state index in [0.29, 0.717) is 47.6 Å². The second-order valence-corrected chi connectivity index (χ2v) is 5.99. The fourth-order valence-electron chi connectivity index (χ4n) is 2.51. The molecule has 3 heterocycles. The van der Waals surface area contributed by atoms with E-state index < -0.39 is 5.69 Å². The van der Waals surface area contributed by atoms with Crippen LogP contribution in [0.3, 0.4) is 0 Å². The Hall–Kier alpha value is -2.15. The Labute approximate surface area is 131 Å². The summed E-state index contributed by atoms with van der Waals surface area (Å²) < 4.78 is 0. The number of hydrogen-bond acceptors (Lipinski definition) is 5. The maximum atomic E-state index is 11.8. The Morgan fingerprint density at radius 1 is 1.27 bits per heavy atom. The highest BCUT2D eigenvalue weighted by Gasteiger charge is 2.22. The average Bonchev–Trinajstić information content (AvgIpc) is 2.45. The van der Waals surface area contributed by atoms with Crippen molar-refractivity contribution in [3.05, 3.63) is 49.1 Å². The lowest BCUT2D eigenvalue weighted by Gasteiger charge is -2.29. The average molecular weight is 322 g/mol. The van der Waals surface area contributed by atoms with Gasteiger partial charge >= 0.3 is 5.69 Å². The molecule has 3 rings (SSSR count). The van der Waals surface area contributed by atoms with E-state index in [1.807, 2.05) is 18.7 Å². The standard InChI is InChI=1S/C14H16ClN5O2/c1-7(2)12-17-10(15)5-11(18-12)20-4-3-8-9(6-20)16-14(22)19-13(8)21/h5,7H,3-4,6H2,1-2H3,(H2,16,19,21,22). The van der Waals surface area contributed by atoms with Crippen LogP contribution in [0.25, 0.3) is 0 Å². The Balaban J connectivity index is 1.98. The molecule has 2 N–H and O–H groups in total. The van der Waals surface area contributed by atoms with Crippen molar-refractivity contribution in [3.8, 4) is 0 Å². The fraction of sp³-hybridized carbons (Fsp3) is 0.429. The molecule has 0 aromatic carbocycles. The monoisotopic (exact) mass is 321 g/mol. The molecule has 8 heteroatoms. The maximum absolute atomic E-state index is 11.8. The minimum Gasteiger partial charge on any atom is -0.350 e. The molecule has 0 saturated heterocycles. The van der Waals surface area contributed by atoms with E-state index in [4.69, 9.17) is 11.6 Å². The summed E-state index contributed by atoms with van der Waals surface area (Å²) in [5, 5.41) is 0.388. The summed E-state index contributed by atoms with van der Waals surface area (Å²) in [4.78, 5) is 38.9. The first-order chi connectivity index (χ1) is 10.4. The van der Waals surface area contributed by atoms with Gasteiger partial charge in [-0.15, -0.1) is 0 Å². The molecular formula is C14H16ClN5O2. The molecule has 0 amide bonds. The van der Waals surface area contributed by atoms with Crippen molar-refractivity contribution in [2.24, 2.45) is 0 Å². The van der Waals surface area contributed by atoms with Gasteiger partial charge in [-0.1, -0.05) is 25.4 Å². The highest BCUT2D eigenvalue weighted by Crippen LogP contribution is 2.23. The van der Waals surface area contributed by atoms with Crippen molar-refractivity contribution in [1.29, 1.82) is 0 Å². The molecule has 2 aromatic heterocycles. The number of fused-ring (bicyclic) bond motifs is 1. The van der Waals surface area contributed by atoms with Crippen LogP contribution in [0.2, 0.25) is 5.15 Å². The smallest absolute Gasteiger partial charge is 0.325 e. The van der Waals surface area contributed by atoms with Gasteiger partial charge in [0.05, 0.1) is 6.54 Å². The van der Waals surface area contributed by atoms with Crippen LogP contribution in [0, 0.1) is 0 Å². The van der Waals surface area contributed by atoms with Gasteiger partial charge in [0.2, 0.25) is 0 Å². The number of anilines is 1. The van der Waals surface area contributed by atoms with E-state index in [2.05, 4.69) is 19.9 Å². The van der Waals surface area contributed by atoms with E-state index in [1.165, 1.54) is 0 Å². The minimum absolute atomic E-state index is 0.164. The molecule has 0 atom stereocenters. The zero-order chi connectivity index (χ0) is 15.9. The number of H-pyrrole nitrogens is 2. The van der Waals surface area contributed by atoms with Gasteiger partial charge in [0.15, 0.2) is 0 Å². The summed E-state index contributed by atoms with van der Waals surface area (Å²) in [7, 11) is 0. The molecule has 0 fully saturated rings. The topological polar surface area (TPSA) is 94.7 Å². The van der Waals surface area contributed by atoms with Gasteiger partial charge in [0, 0.05) is 29.8 Å². The molecule has 0 radical (unpaired) electrons. The number of aromatic amines is 2. The second-order valence-electron chi connectivity index (χ2n) is 5.60. The van der Waals surface area contributed by atoms with Crippen LogP contribution < -0.4 is 16.1 Å². The predicted molar refractivity (Wildman–Crippen MR) is 83.6 cm³/mol. The highest BCUT2D eigenvalue weighted by atomic mass is 35.5. The van der Waals surface area contributed by atoms with Gasteiger partial charge in [-0.25, -0.2) is 14.8 Å². The first-order valence-electron chi connectivity index (χ1n) is 7.08. The van der Waals surface area contributed by atoms with E-state index in [9.17, 15) is 9.59 Å². The number of halogens is 1. The number of nitrogens with one attached hydrogen (secondary N) is 2. The second kappa shape index (κ2) is 5.57. The maximum Gasteiger partial charge on any atom is 0.325 e. The van der Waals surface area contributed by atoms with Gasteiger partial charge in [0.1, 0.15) is 16.8 Å². The lowest BCUT2D eigenvalue weighted by Crippen LogP contribution is -2.39. The third-order valence-corrected chi connectivity index (χ3v) is 3.84. The SMILES string of the molecule is CC(C)c1nc(Cl)cc(N2CCc3c([nH]c(=O)[nH]c3=O)C2)n1. The zero-order valence-corrected chi connectivity index (χ0v) is 13.1. The van der Waals surface area contributed by atoms with Gasteiger partial charge in [-0.3, -0.25) is 9.78 Å². The van der Waals surface area contributed by atoms with E-state index >= 15 is 0 Å².